The largest absolute Gasteiger partial charge is 0.309 e. The van der Waals surface area contributed by atoms with Gasteiger partial charge in [0.15, 0.2) is 0 Å². The molecular formula is C10H17NO. The molecule has 2 saturated carbocycles. The number of hydrogen-bond donors (Lipinski definition) is 0. The van der Waals surface area contributed by atoms with Crippen LogP contribution in [0.5, 0.6) is 0 Å². The summed E-state index contributed by atoms with van der Waals surface area (Å²) in [4.78, 5) is 13.8. The summed E-state index contributed by atoms with van der Waals surface area (Å²) in [5.41, 5.74) is 0. The second-order valence-electron chi connectivity index (χ2n) is 4.54. The first kappa shape index (κ1) is 8.24. The molecule has 0 aliphatic heterocycles. The van der Waals surface area contributed by atoms with E-state index in [0.717, 1.165) is 12.5 Å². The van der Waals surface area contributed by atoms with Gasteiger partial charge in [-0.1, -0.05) is 0 Å². The lowest BCUT2D eigenvalue weighted by atomic mass is 9.87. The molecule has 0 saturated heterocycles. The molecule has 0 aromatic carbocycles. The van der Waals surface area contributed by atoms with Crippen molar-refractivity contribution in [2.45, 2.75) is 19.3 Å². The standard InChI is InChI=1S/C10H17NO/c1-11(2)6-9-7-3-4-8(5-7)10(9)12/h7-9H,3-6H2,1-2H3/t7?,8-,9+/m1/s1. The van der Waals surface area contributed by atoms with E-state index in [0.29, 0.717) is 17.6 Å². The number of ketones is 1. The van der Waals surface area contributed by atoms with Gasteiger partial charge in [-0.15, -0.1) is 0 Å². The normalized spacial score (nSPS) is 39.9. The fourth-order valence-corrected chi connectivity index (χ4v) is 2.81. The predicted octanol–water partition coefficient (Wildman–Crippen LogP) is 1.16. The van der Waals surface area contributed by atoms with E-state index < -0.39 is 0 Å². The van der Waals surface area contributed by atoms with Crippen molar-refractivity contribution in [3.05, 3.63) is 0 Å². The summed E-state index contributed by atoms with van der Waals surface area (Å²) in [5.74, 6) is 2.10. The molecule has 2 nitrogen and oxygen atoms in total. The molecule has 0 N–H and O–H groups in total. The summed E-state index contributed by atoms with van der Waals surface area (Å²) >= 11 is 0. The molecule has 12 heavy (non-hydrogen) atoms. The highest BCUT2D eigenvalue weighted by molar-refractivity contribution is 5.87. The molecule has 1 unspecified atom stereocenters. The molecule has 0 spiro atoms. The molecular weight excluding hydrogens is 150 g/mol. The average Bonchev–Trinajstić information content (AvgIpc) is 2.53. The van der Waals surface area contributed by atoms with Gasteiger partial charge in [0.05, 0.1) is 0 Å². The molecule has 3 atom stereocenters. The van der Waals surface area contributed by atoms with Crippen LogP contribution < -0.4 is 0 Å². The van der Waals surface area contributed by atoms with Gasteiger partial charge in [0.2, 0.25) is 0 Å². The molecule has 0 aromatic heterocycles. The van der Waals surface area contributed by atoms with Crippen molar-refractivity contribution in [1.82, 2.24) is 4.90 Å². The first-order valence-electron chi connectivity index (χ1n) is 4.87. The summed E-state index contributed by atoms with van der Waals surface area (Å²) in [6, 6.07) is 0. The van der Waals surface area contributed by atoms with Gasteiger partial charge in [-0.3, -0.25) is 4.79 Å². The lowest BCUT2D eigenvalue weighted by molar-refractivity contribution is -0.126. The SMILES string of the molecule is CN(C)C[C@@H]1C(=O)[C@@H]2CCC1C2. The van der Waals surface area contributed by atoms with E-state index >= 15 is 0 Å². The molecule has 0 aromatic rings. The van der Waals surface area contributed by atoms with Crippen molar-refractivity contribution in [3.8, 4) is 0 Å². The molecule has 0 radical (unpaired) electrons. The third-order valence-corrected chi connectivity index (χ3v) is 3.37. The van der Waals surface area contributed by atoms with Crippen LogP contribution in [0.4, 0.5) is 0 Å². The van der Waals surface area contributed by atoms with Crippen LogP contribution >= 0.6 is 0 Å². The summed E-state index contributed by atoms with van der Waals surface area (Å²) in [5, 5.41) is 0. The number of fused-ring (bicyclic) bond motifs is 2. The van der Waals surface area contributed by atoms with E-state index in [2.05, 4.69) is 19.0 Å². The third-order valence-electron chi connectivity index (χ3n) is 3.37. The molecule has 2 heteroatoms. The Kier molecular flexibility index (Phi) is 1.95. The molecule has 2 aliphatic rings. The van der Waals surface area contributed by atoms with Gasteiger partial charge in [0.1, 0.15) is 5.78 Å². The second-order valence-corrected chi connectivity index (χ2v) is 4.54. The summed E-state index contributed by atoms with van der Waals surface area (Å²) in [6.07, 6.45) is 3.67. The van der Waals surface area contributed by atoms with E-state index in [1.165, 1.54) is 19.3 Å². The topological polar surface area (TPSA) is 20.3 Å². The summed E-state index contributed by atoms with van der Waals surface area (Å²) in [6.45, 7) is 0.972. The number of hydrogen-bond acceptors (Lipinski definition) is 2. The van der Waals surface area contributed by atoms with Gasteiger partial charge in [0, 0.05) is 18.4 Å². The third kappa shape index (κ3) is 1.18. The second kappa shape index (κ2) is 2.84. The van der Waals surface area contributed by atoms with Gasteiger partial charge < -0.3 is 4.90 Å². The van der Waals surface area contributed by atoms with E-state index in [9.17, 15) is 4.79 Å². The van der Waals surface area contributed by atoms with Crippen molar-refractivity contribution in [2.24, 2.45) is 17.8 Å². The number of rotatable bonds is 2. The van der Waals surface area contributed by atoms with E-state index in [1.807, 2.05) is 0 Å². The van der Waals surface area contributed by atoms with Gasteiger partial charge in [-0.25, -0.2) is 0 Å². The number of nitrogens with zero attached hydrogens (tertiary/aromatic N) is 1. The van der Waals surface area contributed by atoms with Crippen LogP contribution in [0.15, 0.2) is 0 Å². The van der Waals surface area contributed by atoms with E-state index in [1.54, 1.807) is 0 Å². The van der Waals surface area contributed by atoms with Gasteiger partial charge in [-0.2, -0.15) is 0 Å². The lowest BCUT2D eigenvalue weighted by Gasteiger charge is -2.23. The van der Waals surface area contributed by atoms with Crippen molar-refractivity contribution < 1.29 is 4.79 Å². The monoisotopic (exact) mass is 167 g/mol. The Labute approximate surface area is 73.9 Å². The summed E-state index contributed by atoms with van der Waals surface area (Å²) in [7, 11) is 4.11. The van der Waals surface area contributed by atoms with E-state index in [4.69, 9.17) is 0 Å². The van der Waals surface area contributed by atoms with Gasteiger partial charge in [-0.05, 0) is 39.3 Å². The van der Waals surface area contributed by atoms with Gasteiger partial charge in [0.25, 0.3) is 0 Å². The highest BCUT2D eigenvalue weighted by Gasteiger charge is 2.46. The zero-order valence-electron chi connectivity index (χ0n) is 7.92. The molecule has 68 valence electrons. The fourth-order valence-electron chi connectivity index (χ4n) is 2.81. The summed E-state index contributed by atoms with van der Waals surface area (Å²) < 4.78 is 0. The minimum atomic E-state index is 0.374. The van der Waals surface area contributed by atoms with E-state index in [-0.39, 0.29) is 0 Å². The highest BCUT2D eigenvalue weighted by atomic mass is 16.1. The Morgan fingerprint density at radius 3 is 2.67 bits per heavy atom. The van der Waals surface area contributed by atoms with Crippen molar-refractivity contribution in [3.63, 3.8) is 0 Å². The van der Waals surface area contributed by atoms with Crippen LogP contribution in [0.2, 0.25) is 0 Å². The van der Waals surface area contributed by atoms with Crippen molar-refractivity contribution in [2.75, 3.05) is 20.6 Å². The maximum atomic E-state index is 11.7. The smallest absolute Gasteiger partial charge is 0.140 e. The Morgan fingerprint density at radius 1 is 1.42 bits per heavy atom. The minimum Gasteiger partial charge on any atom is -0.309 e. The Bertz CT molecular complexity index is 200. The highest BCUT2D eigenvalue weighted by Crippen LogP contribution is 2.45. The Hall–Kier alpha value is -0.370. The Morgan fingerprint density at radius 2 is 2.17 bits per heavy atom. The average molecular weight is 167 g/mol. The molecule has 2 aliphatic carbocycles. The van der Waals surface area contributed by atoms with Crippen molar-refractivity contribution in [1.29, 1.82) is 0 Å². The molecule has 2 rings (SSSR count). The molecule has 2 bridgehead atoms. The van der Waals surface area contributed by atoms with Crippen LogP contribution in [-0.4, -0.2) is 31.3 Å². The zero-order chi connectivity index (χ0) is 8.72. The number of carbonyl (C=O) groups excluding carboxylic acids is 1. The zero-order valence-corrected chi connectivity index (χ0v) is 7.92. The van der Waals surface area contributed by atoms with Crippen LogP contribution in [0, 0.1) is 17.8 Å². The first-order valence-corrected chi connectivity index (χ1v) is 4.87. The maximum Gasteiger partial charge on any atom is 0.140 e. The maximum absolute atomic E-state index is 11.7. The van der Waals surface area contributed by atoms with Gasteiger partial charge >= 0.3 is 0 Å². The fraction of sp³-hybridized carbons (Fsp3) is 0.900. The van der Waals surface area contributed by atoms with Crippen molar-refractivity contribution >= 4 is 5.78 Å². The minimum absolute atomic E-state index is 0.374. The lowest BCUT2D eigenvalue weighted by Crippen LogP contribution is -2.31. The number of carbonyl (C=O) groups is 1. The Balaban J connectivity index is 2.02. The van der Waals surface area contributed by atoms with Crippen LogP contribution in [-0.2, 0) is 4.79 Å². The van der Waals surface area contributed by atoms with Crippen LogP contribution in [0.25, 0.3) is 0 Å². The molecule has 2 fully saturated rings. The quantitative estimate of drug-likeness (QED) is 0.615. The predicted molar refractivity (Wildman–Crippen MR) is 47.9 cm³/mol. The molecule has 0 amide bonds. The van der Waals surface area contributed by atoms with Crippen LogP contribution in [0.1, 0.15) is 19.3 Å². The van der Waals surface area contributed by atoms with Crippen LogP contribution in [0.3, 0.4) is 0 Å². The first-order chi connectivity index (χ1) is 5.68. The molecule has 0 heterocycles. The number of Topliss-reactive ketones (excluding diaryl/α,β-unsaturated/α-hetero) is 1.